The minimum atomic E-state index is -0.161. The summed E-state index contributed by atoms with van der Waals surface area (Å²) in [5.41, 5.74) is 2.79. The zero-order valence-electron chi connectivity index (χ0n) is 11.0. The van der Waals surface area contributed by atoms with E-state index < -0.39 is 0 Å². The van der Waals surface area contributed by atoms with Crippen molar-refractivity contribution in [1.29, 1.82) is 0 Å². The number of nitrogens with zero attached hydrogens (tertiary/aromatic N) is 1. The summed E-state index contributed by atoms with van der Waals surface area (Å²) in [6, 6.07) is 5.33. The Balaban J connectivity index is 2.45. The molecule has 0 saturated heterocycles. The van der Waals surface area contributed by atoms with Crippen LogP contribution in [0.25, 0.3) is 0 Å². The molecule has 0 fully saturated rings. The molecule has 1 atom stereocenters. The molecule has 2 rings (SSSR count). The molecule has 1 heterocycles. The first-order valence-electron chi connectivity index (χ1n) is 5.90. The summed E-state index contributed by atoms with van der Waals surface area (Å²) in [5.74, 6) is -0.161. The highest BCUT2D eigenvalue weighted by molar-refractivity contribution is 7.11. The van der Waals surface area contributed by atoms with Crippen LogP contribution in [0.2, 0.25) is 0 Å². The number of halogens is 1. The van der Waals surface area contributed by atoms with Crippen LogP contribution in [0.15, 0.2) is 18.2 Å². The van der Waals surface area contributed by atoms with Crippen LogP contribution < -0.4 is 5.32 Å². The number of aryl methyl sites for hydroxylation is 3. The van der Waals surface area contributed by atoms with E-state index in [9.17, 15) is 4.39 Å². The van der Waals surface area contributed by atoms with Gasteiger partial charge in [0.25, 0.3) is 0 Å². The van der Waals surface area contributed by atoms with Crippen LogP contribution in [0, 0.1) is 26.6 Å². The van der Waals surface area contributed by atoms with E-state index in [1.165, 1.54) is 10.9 Å². The normalized spacial score (nSPS) is 12.7. The average molecular weight is 264 g/mol. The molecule has 0 saturated carbocycles. The maximum atomic E-state index is 13.3. The van der Waals surface area contributed by atoms with Gasteiger partial charge in [0.1, 0.15) is 5.82 Å². The van der Waals surface area contributed by atoms with Crippen molar-refractivity contribution in [3.63, 3.8) is 0 Å². The van der Waals surface area contributed by atoms with Gasteiger partial charge in [-0.25, -0.2) is 9.37 Å². The number of hydrogen-bond acceptors (Lipinski definition) is 3. The summed E-state index contributed by atoms with van der Waals surface area (Å²) < 4.78 is 13.3. The Hall–Kier alpha value is -1.26. The lowest BCUT2D eigenvalue weighted by Gasteiger charge is -2.16. The van der Waals surface area contributed by atoms with E-state index in [4.69, 9.17) is 0 Å². The Morgan fingerprint density at radius 3 is 2.50 bits per heavy atom. The molecule has 1 aromatic carbocycles. The molecule has 96 valence electrons. The van der Waals surface area contributed by atoms with Crippen LogP contribution >= 0.6 is 11.3 Å². The molecule has 1 N–H and O–H groups in total. The van der Waals surface area contributed by atoms with Crippen molar-refractivity contribution >= 4 is 11.3 Å². The number of rotatable bonds is 3. The molecule has 0 aliphatic carbocycles. The number of nitrogens with one attached hydrogen (secondary N) is 1. The fraction of sp³-hybridized carbons (Fsp3) is 0.357. The predicted molar refractivity (Wildman–Crippen MR) is 73.6 cm³/mol. The zero-order valence-corrected chi connectivity index (χ0v) is 11.9. The third-order valence-corrected chi connectivity index (χ3v) is 4.14. The van der Waals surface area contributed by atoms with E-state index >= 15 is 0 Å². The standard InChI is InChI=1S/C14H17FN2S/c1-8-7-11(5-6-12(8)15)13(16-4)14-9(2)17-10(3)18-14/h5-7,13,16H,1-4H3. The lowest BCUT2D eigenvalue weighted by atomic mass is 10.0. The summed E-state index contributed by atoms with van der Waals surface area (Å²) in [4.78, 5) is 5.65. The van der Waals surface area contributed by atoms with Gasteiger partial charge in [-0.05, 0) is 45.0 Å². The molecule has 0 radical (unpaired) electrons. The monoisotopic (exact) mass is 264 g/mol. The molecular weight excluding hydrogens is 247 g/mol. The Morgan fingerprint density at radius 1 is 1.28 bits per heavy atom. The minimum absolute atomic E-state index is 0.0792. The average Bonchev–Trinajstić information content (AvgIpc) is 2.64. The maximum Gasteiger partial charge on any atom is 0.126 e. The van der Waals surface area contributed by atoms with Gasteiger partial charge >= 0.3 is 0 Å². The number of aromatic nitrogens is 1. The Morgan fingerprint density at radius 2 is 2.00 bits per heavy atom. The van der Waals surface area contributed by atoms with Gasteiger partial charge in [-0.2, -0.15) is 0 Å². The number of thiazole rings is 1. The van der Waals surface area contributed by atoms with Crippen molar-refractivity contribution in [2.45, 2.75) is 26.8 Å². The van der Waals surface area contributed by atoms with Gasteiger partial charge < -0.3 is 5.32 Å². The largest absolute Gasteiger partial charge is 0.309 e. The first-order chi connectivity index (χ1) is 8.52. The van der Waals surface area contributed by atoms with E-state index in [-0.39, 0.29) is 11.9 Å². The van der Waals surface area contributed by atoms with Crippen molar-refractivity contribution < 1.29 is 4.39 Å². The highest BCUT2D eigenvalue weighted by atomic mass is 32.1. The molecule has 18 heavy (non-hydrogen) atoms. The Labute approximate surface area is 111 Å². The Bertz CT molecular complexity index is 563. The van der Waals surface area contributed by atoms with Gasteiger partial charge in [-0.3, -0.25) is 0 Å². The van der Waals surface area contributed by atoms with Crippen molar-refractivity contribution in [2.24, 2.45) is 0 Å². The first kappa shape index (κ1) is 13.2. The second kappa shape index (κ2) is 5.16. The van der Waals surface area contributed by atoms with E-state index in [0.717, 1.165) is 16.3 Å². The number of hydrogen-bond donors (Lipinski definition) is 1. The quantitative estimate of drug-likeness (QED) is 0.917. The van der Waals surface area contributed by atoms with Crippen LogP contribution in [0.1, 0.15) is 32.7 Å². The fourth-order valence-electron chi connectivity index (χ4n) is 2.11. The molecule has 2 nitrogen and oxygen atoms in total. The van der Waals surface area contributed by atoms with Gasteiger partial charge in [-0.1, -0.05) is 12.1 Å². The van der Waals surface area contributed by atoms with E-state index in [0.29, 0.717) is 5.56 Å². The molecule has 0 aliphatic rings. The van der Waals surface area contributed by atoms with Crippen molar-refractivity contribution in [3.8, 4) is 0 Å². The molecule has 0 aliphatic heterocycles. The van der Waals surface area contributed by atoms with Crippen LogP contribution in [0.4, 0.5) is 4.39 Å². The van der Waals surface area contributed by atoms with Gasteiger partial charge in [0, 0.05) is 4.88 Å². The van der Waals surface area contributed by atoms with Crippen molar-refractivity contribution in [1.82, 2.24) is 10.3 Å². The van der Waals surface area contributed by atoms with Gasteiger partial charge in [0.15, 0.2) is 0 Å². The first-order valence-corrected chi connectivity index (χ1v) is 6.71. The lowest BCUT2D eigenvalue weighted by Crippen LogP contribution is -2.17. The summed E-state index contributed by atoms with van der Waals surface area (Å²) >= 11 is 1.68. The molecule has 4 heteroatoms. The van der Waals surface area contributed by atoms with E-state index in [1.807, 2.05) is 33.0 Å². The minimum Gasteiger partial charge on any atom is -0.309 e. The van der Waals surface area contributed by atoms with Gasteiger partial charge in [0.2, 0.25) is 0 Å². The lowest BCUT2D eigenvalue weighted by molar-refractivity contribution is 0.614. The summed E-state index contributed by atoms with van der Waals surface area (Å²) in [6.07, 6.45) is 0. The van der Waals surface area contributed by atoms with Crippen molar-refractivity contribution in [3.05, 3.63) is 50.7 Å². The van der Waals surface area contributed by atoms with Crippen LogP contribution in [0.5, 0.6) is 0 Å². The zero-order chi connectivity index (χ0) is 13.3. The van der Waals surface area contributed by atoms with Gasteiger partial charge in [-0.15, -0.1) is 11.3 Å². The molecule has 0 amide bonds. The molecular formula is C14H17FN2S. The van der Waals surface area contributed by atoms with E-state index in [1.54, 1.807) is 18.3 Å². The molecule has 2 aromatic rings. The topological polar surface area (TPSA) is 24.9 Å². The fourth-order valence-corrected chi connectivity index (χ4v) is 3.18. The van der Waals surface area contributed by atoms with Crippen LogP contribution in [-0.2, 0) is 0 Å². The number of benzene rings is 1. The smallest absolute Gasteiger partial charge is 0.126 e. The SMILES string of the molecule is CNC(c1ccc(F)c(C)c1)c1sc(C)nc1C. The summed E-state index contributed by atoms with van der Waals surface area (Å²) in [5, 5.41) is 4.34. The third-order valence-electron chi connectivity index (χ3n) is 3.01. The predicted octanol–water partition coefficient (Wildman–Crippen LogP) is 3.52. The molecule has 0 spiro atoms. The van der Waals surface area contributed by atoms with E-state index in [2.05, 4.69) is 10.3 Å². The highest BCUT2D eigenvalue weighted by Gasteiger charge is 2.18. The molecule has 0 bridgehead atoms. The second-order valence-electron chi connectivity index (χ2n) is 4.41. The third kappa shape index (κ3) is 2.44. The molecule has 1 aromatic heterocycles. The van der Waals surface area contributed by atoms with Gasteiger partial charge in [0.05, 0.1) is 16.7 Å². The maximum absolute atomic E-state index is 13.3. The highest BCUT2D eigenvalue weighted by Crippen LogP contribution is 2.30. The Kier molecular flexibility index (Phi) is 3.78. The van der Waals surface area contributed by atoms with Crippen molar-refractivity contribution in [2.75, 3.05) is 7.05 Å². The second-order valence-corrected chi connectivity index (χ2v) is 5.65. The van der Waals surface area contributed by atoms with Crippen LogP contribution in [0.3, 0.4) is 0 Å². The van der Waals surface area contributed by atoms with Crippen LogP contribution in [-0.4, -0.2) is 12.0 Å². The summed E-state index contributed by atoms with van der Waals surface area (Å²) in [7, 11) is 1.91. The molecule has 1 unspecified atom stereocenters. The summed E-state index contributed by atoms with van der Waals surface area (Å²) in [6.45, 7) is 5.81.